The molecule has 0 saturated carbocycles. The quantitative estimate of drug-likeness (QED) is 0.145. The number of anilines is 6. The van der Waals surface area contributed by atoms with Gasteiger partial charge in [-0.3, -0.25) is 0 Å². The van der Waals surface area contributed by atoms with Crippen molar-refractivity contribution in [2.45, 2.75) is 9.79 Å². The summed E-state index contributed by atoms with van der Waals surface area (Å²) in [5.41, 5.74) is 9.46. The number of para-hydroxylation sites is 4. The van der Waals surface area contributed by atoms with Crippen LogP contribution < -0.4 is 9.80 Å². The van der Waals surface area contributed by atoms with Gasteiger partial charge in [0.2, 0.25) is 9.84 Å². The zero-order valence-electron chi connectivity index (χ0n) is 30.9. The average molecular weight is 753 g/mol. The Morgan fingerprint density at radius 1 is 0.263 bits per heavy atom. The van der Waals surface area contributed by atoms with E-state index in [1.165, 1.54) is 0 Å². The van der Waals surface area contributed by atoms with Crippen molar-refractivity contribution < 1.29 is 8.42 Å². The van der Waals surface area contributed by atoms with Crippen molar-refractivity contribution in [3.05, 3.63) is 241 Å². The molecule has 5 heteroatoms. The standard InChI is InChI=1S/C52H36N2O2S/c55-57(56,51-37-29-43(30-38-51)23-21-41-25-33-49(34-26-41)53(45-13-5-1-6-14-45)46-15-7-2-8-16-46)52-39-31-44(32-40-52)24-22-42-27-35-50(36-28-42)54(47-17-9-3-10-18-47)48-19-11-4-12-20-48/h1-20,25-40H. The molecule has 0 heterocycles. The molecule has 0 aromatic heterocycles. The summed E-state index contributed by atoms with van der Waals surface area (Å²) in [6.45, 7) is 0. The highest BCUT2D eigenvalue weighted by Gasteiger charge is 2.17. The van der Waals surface area contributed by atoms with Crippen LogP contribution in [-0.2, 0) is 9.84 Å². The summed E-state index contributed by atoms with van der Waals surface area (Å²) in [5.74, 6) is 12.8. The maximum Gasteiger partial charge on any atom is 0.206 e. The van der Waals surface area contributed by atoms with Gasteiger partial charge in [0, 0.05) is 56.4 Å². The van der Waals surface area contributed by atoms with Crippen molar-refractivity contribution in [2.24, 2.45) is 0 Å². The average Bonchev–Trinajstić information content (AvgIpc) is 3.28. The highest BCUT2D eigenvalue weighted by atomic mass is 32.2. The van der Waals surface area contributed by atoms with Crippen molar-refractivity contribution in [3.8, 4) is 23.7 Å². The highest BCUT2D eigenvalue weighted by molar-refractivity contribution is 7.91. The van der Waals surface area contributed by atoms with Crippen LogP contribution in [0.1, 0.15) is 22.3 Å². The predicted molar refractivity (Wildman–Crippen MR) is 233 cm³/mol. The summed E-state index contributed by atoms with van der Waals surface area (Å²) in [6.07, 6.45) is 0. The van der Waals surface area contributed by atoms with Crippen LogP contribution in [0.3, 0.4) is 0 Å². The molecule has 0 unspecified atom stereocenters. The molecular formula is C52H36N2O2S. The predicted octanol–water partition coefficient (Wildman–Crippen LogP) is 12.3. The Labute approximate surface area is 334 Å². The molecule has 0 aliphatic rings. The van der Waals surface area contributed by atoms with E-state index >= 15 is 0 Å². The summed E-state index contributed by atoms with van der Waals surface area (Å²) in [4.78, 5) is 4.81. The van der Waals surface area contributed by atoms with Crippen molar-refractivity contribution in [3.63, 3.8) is 0 Å². The molecule has 0 radical (unpaired) electrons. The number of hydrogen-bond donors (Lipinski definition) is 0. The second kappa shape index (κ2) is 16.8. The normalized spacial score (nSPS) is 10.7. The molecule has 0 aliphatic heterocycles. The minimum absolute atomic E-state index is 0.207. The lowest BCUT2D eigenvalue weighted by Gasteiger charge is -2.25. The molecule has 0 N–H and O–H groups in total. The molecule has 0 bridgehead atoms. The third-order valence-corrected chi connectivity index (χ3v) is 11.1. The molecule has 0 atom stereocenters. The van der Waals surface area contributed by atoms with E-state index in [1.54, 1.807) is 48.5 Å². The van der Waals surface area contributed by atoms with Gasteiger partial charge >= 0.3 is 0 Å². The largest absolute Gasteiger partial charge is 0.311 e. The molecule has 8 rings (SSSR count). The van der Waals surface area contributed by atoms with Crippen molar-refractivity contribution in [2.75, 3.05) is 9.80 Å². The number of nitrogens with zero attached hydrogens (tertiary/aromatic N) is 2. The Hall–Kier alpha value is -7.57. The second-order valence-electron chi connectivity index (χ2n) is 13.2. The number of hydrogen-bond acceptors (Lipinski definition) is 4. The summed E-state index contributed by atoms with van der Waals surface area (Å²) >= 11 is 0. The van der Waals surface area contributed by atoms with Gasteiger partial charge in [0.05, 0.1) is 9.79 Å². The van der Waals surface area contributed by atoms with E-state index in [2.05, 4.69) is 106 Å². The lowest BCUT2D eigenvalue weighted by molar-refractivity contribution is 0.596. The minimum atomic E-state index is -3.73. The fourth-order valence-electron chi connectivity index (χ4n) is 6.45. The van der Waals surface area contributed by atoms with E-state index in [4.69, 9.17) is 0 Å². The van der Waals surface area contributed by atoms with Gasteiger partial charge in [-0.1, -0.05) is 96.5 Å². The van der Waals surface area contributed by atoms with Gasteiger partial charge in [0.1, 0.15) is 0 Å². The SMILES string of the molecule is O=S(=O)(c1ccc(C#Cc2ccc(N(c3ccccc3)c3ccccc3)cc2)cc1)c1ccc(C#Cc2ccc(N(c3ccccc3)c3ccccc3)cc2)cc1. The van der Waals surface area contributed by atoms with Crippen LogP contribution in [-0.4, -0.2) is 8.42 Å². The van der Waals surface area contributed by atoms with Crippen LogP contribution in [0.15, 0.2) is 228 Å². The lowest BCUT2D eigenvalue weighted by Crippen LogP contribution is -2.09. The minimum Gasteiger partial charge on any atom is -0.311 e. The Bertz CT molecular complexity index is 2530. The molecule has 8 aromatic rings. The topological polar surface area (TPSA) is 40.6 Å². The van der Waals surface area contributed by atoms with Gasteiger partial charge in [-0.05, 0) is 146 Å². The molecular weight excluding hydrogens is 717 g/mol. The van der Waals surface area contributed by atoms with E-state index in [-0.39, 0.29) is 9.79 Å². The summed E-state index contributed by atoms with van der Waals surface area (Å²) in [7, 11) is -3.73. The van der Waals surface area contributed by atoms with E-state index in [0.29, 0.717) is 0 Å². The lowest BCUT2D eigenvalue weighted by atomic mass is 10.1. The number of benzene rings is 8. The van der Waals surface area contributed by atoms with Crippen LogP contribution in [0, 0.1) is 23.7 Å². The summed E-state index contributed by atoms with van der Waals surface area (Å²) < 4.78 is 27.0. The van der Waals surface area contributed by atoms with Gasteiger partial charge < -0.3 is 9.80 Å². The zero-order valence-corrected chi connectivity index (χ0v) is 31.7. The number of sulfone groups is 1. The fourth-order valence-corrected chi connectivity index (χ4v) is 7.71. The Morgan fingerprint density at radius 2 is 0.474 bits per heavy atom. The van der Waals surface area contributed by atoms with E-state index in [1.807, 2.05) is 97.1 Å². The molecule has 4 nitrogen and oxygen atoms in total. The maximum absolute atomic E-state index is 13.5. The Morgan fingerprint density at radius 3 is 0.719 bits per heavy atom. The van der Waals surface area contributed by atoms with Crippen LogP contribution in [0.4, 0.5) is 34.1 Å². The molecule has 0 saturated heterocycles. The molecule has 0 aliphatic carbocycles. The molecule has 0 fully saturated rings. The second-order valence-corrected chi connectivity index (χ2v) is 15.1. The van der Waals surface area contributed by atoms with Gasteiger partial charge in [-0.15, -0.1) is 0 Å². The fraction of sp³-hybridized carbons (Fsp3) is 0. The molecule has 8 aromatic carbocycles. The third-order valence-electron chi connectivity index (χ3n) is 9.34. The maximum atomic E-state index is 13.5. The van der Waals surface area contributed by atoms with Gasteiger partial charge in [0.25, 0.3) is 0 Å². The number of rotatable bonds is 8. The first-order chi connectivity index (χ1) is 28.0. The molecule has 0 amide bonds. The van der Waals surface area contributed by atoms with E-state index in [0.717, 1.165) is 56.4 Å². The van der Waals surface area contributed by atoms with Crippen molar-refractivity contribution >= 4 is 44.0 Å². The third kappa shape index (κ3) is 8.56. The first-order valence-electron chi connectivity index (χ1n) is 18.5. The zero-order chi connectivity index (χ0) is 38.9. The Kier molecular flexibility index (Phi) is 10.8. The van der Waals surface area contributed by atoms with E-state index < -0.39 is 9.84 Å². The van der Waals surface area contributed by atoms with Gasteiger partial charge in [0.15, 0.2) is 0 Å². The van der Waals surface area contributed by atoms with Crippen molar-refractivity contribution in [1.82, 2.24) is 0 Å². The smallest absolute Gasteiger partial charge is 0.206 e. The monoisotopic (exact) mass is 752 g/mol. The first kappa shape index (κ1) is 36.4. The van der Waals surface area contributed by atoms with Crippen LogP contribution in [0.2, 0.25) is 0 Å². The van der Waals surface area contributed by atoms with E-state index in [9.17, 15) is 8.42 Å². The van der Waals surface area contributed by atoms with Gasteiger partial charge in [-0.25, -0.2) is 8.42 Å². The summed E-state index contributed by atoms with van der Waals surface area (Å²) in [5, 5.41) is 0. The van der Waals surface area contributed by atoms with Gasteiger partial charge in [-0.2, -0.15) is 0 Å². The van der Waals surface area contributed by atoms with Crippen molar-refractivity contribution in [1.29, 1.82) is 0 Å². The molecule has 57 heavy (non-hydrogen) atoms. The highest BCUT2D eigenvalue weighted by Crippen LogP contribution is 2.35. The molecule has 0 spiro atoms. The molecule has 272 valence electrons. The van der Waals surface area contributed by atoms with Crippen LogP contribution in [0.25, 0.3) is 0 Å². The summed E-state index contributed by atoms with van der Waals surface area (Å²) in [6, 6.07) is 70.6. The van der Waals surface area contributed by atoms with Crippen LogP contribution >= 0.6 is 0 Å². The Balaban J connectivity index is 0.929. The van der Waals surface area contributed by atoms with Crippen LogP contribution in [0.5, 0.6) is 0 Å². The first-order valence-corrected chi connectivity index (χ1v) is 20.0.